The highest BCUT2D eigenvalue weighted by atomic mass is 16.1. The Morgan fingerprint density at radius 2 is 1.70 bits per heavy atom. The zero-order chi connectivity index (χ0) is 31.9. The summed E-state index contributed by atoms with van der Waals surface area (Å²) >= 11 is 0. The second-order valence-electron chi connectivity index (χ2n) is 12.6. The van der Waals surface area contributed by atoms with Gasteiger partial charge in [0.05, 0.1) is 11.0 Å². The van der Waals surface area contributed by atoms with Gasteiger partial charge in [0.1, 0.15) is 0 Å². The minimum atomic E-state index is 0.113. The van der Waals surface area contributed by atoms with Crippen LogP contribution in [0.25, 0.3) is 39.0 Å². The molecule has 6 rings (SSSR count). The van der Waals surface area contributed by atoms with E-state index in [1.807, 2.05) is 44.7 Å². The van der Waals surface area contributed by atoms with Gasteiger partial charge in [-0.3, -0.25) is 14.8 Å². The van der Waals surface area contributed by atoms with E-state index < -0.39 is 0 Å². The number of carbonyl (C=O) groups excluding carboxylic acids is 1. The molecule has 1 aliphatic heterocycles. The van der Waals surface area contributed by atoms with Gasteiger partial charge in [-0.1, -0.05) is 48.6 Å². The summed E-state index contributed by atoms with van der Waals surface area (Å²) in [5, 5.41) is 5.36. The first-order chi connectivity index (χ1) is 22.4. The molecule has 1 aliphatic carbocycles. The maximum atomic E-state index is 12.6. The monoisotopic (exact) mass is 612 g/mol. The van der Waals surface area contributed by atoms with Gasteiger partial charge < -0.3 is 20.0 Å². The number of rotatable bonds is 10. The van der Waals surface area contributed by atoms with Crippen molar-refractivity contribution < 1.29 is 4.79 Å². The van der Waals surface area contributed by atoms with E-state index in [9.17, 15) is 4.79 Å². The molecule has 0 atom stereocenters. The lowest BCUT2D eigenvalue weighted by Crippen LogP contribution is -2.41. The van der Waals surface area contributed by atoms with E-state index in [2.05, 4.69) is 105 Å². The van der Waals surface area contributed by atoms with Crippen molar-refractivity contribution in [2.75, 3.05) is 53.9 Å². The van der Waals surface area contributed by atoms with Crippen LogP contribution in [0, 0.1) is 5.92 Å². The molecule has 7 heteroatoms. The number of pyridine rings is 2. The number of allylic oxidation sites excluding steroid dienone is 4. The van der Waals surface area contributed by atoms with Crippen molar-refractivity contribution in [2.45, 2.75) is 19.3 Å². The average molecular weight is 613 g/mol. The third-order valence-corrected chi connectivity index (χ3v) is 8.92. The zero-order valence-electron chi connectivity index (χ0n) is 27.2. The van der Waals surface area contributed by atoms with Crippen LogP contribution in [0.5, 0.6) is 0 Å². The first-order valence-corrected chi connectivity index (χ1v) is 16.3. The number of likely N-dealkylation sites (N-methyl/N-ethyl adjacent to an activating group) is 2. The molecule has 1 fully saturated rings. The SMILES string of the molecule is CN(C)CCNC(=O)C1CCN(C2=CCC=C(N(C)C/C=C\c3cnc4ccc(-c5cnc6ccccc6c5)cc4c3)C=C2)CC1. The van der Waals surface area contributed by atoms with Crippen LogP contribution >= 0.6 is 0 Å². The fourth-order valence-corrected chi connectivity index (χ4v) is 6.17. The Labute approximate surface area is 272 Å². The van der Waals surface area contributed by atoms with Crippen LogP contribution in [0.3, 0.4) is 0 Å². The predicted octanol–water partition coefficient (Wildman–Crippen LogP) is 6.51. The van der Waals surface area contributed by atoms with E-state index >= 15 is 0 Å². The van der Waals surface area contributed by atoms with Gasteiger partial charge in [0.15, 0.2) is 0 Å². The fourth-order valence-electron chi connectivity index (χ4n) is 6.17. The van der Waals surface area contributed by atoms with Crippen LogP contribution in [-0.4, -0.2) is 84.4 Å². The van der Waals surface area contributed by atoms with Crippen LogP contribution < -0.4 is 5.32 Å². The molecule has 1 saturated heterocycles. The number of hydrogen-bond acceptors (Lipinski definition) is 6. The first kappa shape index (κ1) is 31.2. The summed E-state index contributed by atoms with van der Waals surface area (Å²) in [7, 11) is 6.18. The number of aromatic nitrogens is 2. The molecule has 1 N–H and O–H groups in total. The average Bonchev–Trinajstić information content (AvgIpc) is 3.34. The third-order valence-electron chi connectivity index (χ3n) is 8.92. The van der Waals surface area contributed by atoms with E-state index in [4.69, 9.17) is 4.98 Å². The van der Waals surface area contributed by atoms with E-state index in [0.29, 0.717) is 6.54 Å². The first-order valence-electron chi connectivity index (χ1n) is 16.3. The summed E-state index contributed by atoms with van der Waals surface area (Å²) in [5.41, 5.74) is 7.77. The summed E-state index contributed by atoms with van der Waals surface area (Å²) < 4.78 is 0. The fraction of sp³-hybridized carbons (Fsp3) is 0.308. The number of para-hydroxylation sites is 1. The molecule has 4 aromatic rings. The summed E-state index contributed by atoms with van der Waals surface area (Å²) in [6.45, 7) is 4.20. The summed E-state index contributed by atoms with van der Waals surface area (Å²) in [5.74, 6) is 0.315. The molecule has 1 amide bonds. The van der Waals surface area contributed by atoms with Crippen LogP contribution in [0.1, 0.15) is 24.8 Å². The van der Waals surface area contributed by atoms with Crippen molar-refractivity contribution in [2.24, 2.45) is 5.92 Å². The molecule has 0 unspecified atom stereocenters. The third kappa shape index (κ3) is 7.72. The molecule has 0 bridgehead atoms. The van der Waals surface area contributed by atoms with Crippen LogP contribution in [0.4, 0.5) is 0 Å². The van der Waals surface area contributed by atoms with Gasteiger partial charge in [0.2, 0.25) is 5.91 Å². The molecule has 0 saturated carbocycles. The van der Waals surface area contributed by atoms with Crippen LogP contribution in [-0.2, 0) is 4.79 Å². The lowest BCUT2D eigenvalue weighted by atomic mass is 9.95. The van der Waals surface area contributed by atoms with Crippen molar-refractivity contribution in [1.82, 2.24) is 30.0 Å². The predicted molar refractivity (Wildman–Crippen MR) is 190 cm³/mol. The Bertz CT molecular complexity index is 1810. The molecule has 3 heterocycles. The number of benzene rings is 2. The van der Waals surface area contributed by atoms with Gasteiger partial charge in [-0.25, -0.2) is 0 Å². The van der Waals surface area contributed by atoms with E-state index in [-0.39, 0.29) is 11.8 Å². The number of amides is 1. The Morgan fingerprint density at radius 3 is 2.54 bits per heavy atom. The normalized spacial score (nSPS) is 15.8. The van der Waals surface area contributed by atoms with Gasteiger partial charge >= 0.3 is 0 Å². The summed E-state index contributed by atoms with van der Waals surface area (Å²) in [6, 6.07) is 19.0. The molecule has 2 aromatic carbocycles. The van der Waals surface area contributed by atoms with Gasteiger partial charge in [-0.15, -0.1) is 0 Å². The van der Waals surface area contributed by atoms with Gasteiger partial charge in [-0.05, 0) is 87.0 Å². The highest BCUT2D eigenvalue weighted by Gasteiger charge is 2.25. The Kier molecular flexibility index (Phi) is 9.89. The van der Waals surface area contributed by atoms with Crippen molar-refractivity contribution >= 4 is 33.8 Å². The largest absolute Gasteiger partial charge is 0.372 e. The topological polar surface area (TPSA) is 64.6 Å². The van der Waals surface area contributed by atoms with Gasteiger partial charge in [0, 0.05) is 85.8 Å². The van der Waals surface area contributed by atoms with Gasteiger partial charge in [-0.2, -0.15) is 0 Å². The van der Waals surface area contributed by atoms with E-state index in [0.717, 1.165) is 83.9 Å². The zero-order valence-corrected chi connectivity index (χ0v) is 27.2. The maximum absolute atomic E-state index is 12.6. The van der Waals surface area contributed by atoms with Crippen LogP contribution in [0.15, 0.2) is 109 Å². The molecule has 2 aliphatic rings. The second-order valence-corrected chi connectivity index (χ2v) is 12.6. The molecule has 236 valence electrons. The number of piperidine rings is 1. The summed E-state index contributed by atoms with van der Waals surface area (Å²) in [6.07, 6.45) is 19.9. The second kappa shape index (κ2) is 14.6. The number of carbonyl (C=O) groups is 1. The lowest BCUT2D eigenvalue weighted by Gasteiger charge is -2.33. The molecule has 0 spiro atoms. The Morgan fingerprint density at radius 1 is 0.913 bits per heavy atom. The van der Waals surface area contributed by atoms with E-state index in [1.54, 1.807) is 0 Å². The number of nitrogens with zero attached hydrogens (tertiary/aromatic N) is 5. The number of likely N-dealkylation sites (tertiary alicyclic amines) is 1. The van der Waals surface area contributed by atoms with Crippen molar-refractivity contribution in [3.63, 3.8) is 0 Å². The Balaban J connectivity index is 1.02. The number of hydrogen-bond donors (Lipinski definition) is 1. The van der Waals surface area contributed by atoms with Crippen molar-refractivity contribution in [3.05, 3.63) is 114 Å². The van der Waals surface area contributed by atoms with Crippen molar-refractivity contribution in [3.8, 4) is 11.1 Å². The number of fused-ring (bicyclic) bond motifs is 2. The molecule has 46 heavy (non-hydrogen) atoms. The molecule has 7 nitrogen and oxygen atoms in total. The standard InChI is InChI=1S/C39H44N6O/c1-43(2)23-19-40-39(46)30-17-21-45(22-18-30)36-11-6-10-35(14-15-36)44(3)20-7-8-29-24-33-25-31(13-16-38(33)41-27-29)34-26-32-9-4-5-12-37(32)42-28-34/h4-5,7-16,24-28,30H,6,17-23H2,1-3H3,(H,40,46)/b8-7-. The van der Waals surface area contributed by atoms with Crippen molar-refractivity contribution in [1.29, 1.82) is 0 Å². The molecule has 2 aromatic heterocycles. The van der Waals surface area contributed by atoms with Crippen LogP contribution in [0.2, 0.25) is 0 Å². The highest BCUT2D eigenvalue weighted by molar-refractivity contribution is 5.88. The molecular weight excluding hydrogens is 568 g/mol. The Hall–Kier alpha value is -4.75. The maximum Gasteiger partial charge on any atom is 0.223 e. The van der Waals surface area contributed by atoms with E-state index in [1.165, 1.54) is 11.4 Å². The number of nitrogens with one attached hydrogen (secondary N) is 1. The minimum Gasteiger partial charge on any atom is -0.372 e. The summed E-state index contributed by atoms with van der Waals surface area (Å²) in [4.78, 5) is 28.7. The molecular formula is C39H44N6O. The minimum absolute atomic E-state index is 0.113. The lowest BCUT2D eigenvalue weighted by molar-refractivity contribution is -0.126. The quantitative estimate of drug-likeness (QED) is 0.220. The highest BCUT2D eigenvalue weighted by Crippen LogP contribution is 2.27. The molecule has 0 radical (unpaired) electrons. The smallest absolute Gasteiger partial charge is 0.223 e. The van der Waals surface area contributed by atoms with Gasteiger partial charge in [0.25, 0.3) is 0 Å².